The van der Waals surface area contributed by atoms with Gasteiger partial charge in [0.05, 0.1) is 18.0 Å². The van der Waals surface area contributed by atoms with Gasteiger partial charge < -0.3 is 10.1 Å². The number of carbonyl (C=O) groups excluding carboxylic acids is 1. The van der Waals surface area contributed by atoms with E-state index in [4.69, 9.17) is 4.74 Å². The van der Waals surface area contributed by atoms with Crippen LogP contribution in [0, 0.1) is 0 Å². The van der Waals surface area contributed by atoms with E-state index in [1.807, 2.05) is 19.1 Å². The summed E-state index contributed by atoms with van der Waals surface area (Å²) in [4.78, 5) is 12.9. The molecule has 0 unspecified atom stereocenters. The molecule has 3 rings (SSSR count). The van der Waals surface area contributed by atoms with Crippen molar-refractivity contribution >= 4 is 21.6 Å². The maximum atomic E-state index is 12.9. The molecule has 2 atom stereocenters. The molecule has 1 N–H and O–H groups in total. The third kappa shape index (κ3) is 4.95. The number of sulfonamides is 1. The summed E-state index contributed by atoms with van der Waals surface area (Å²) >= 11 is 0. The number of carbonyl (C=O) groups is 1. The molecule has 0 spiro atoms. The van der Waals surface area contributed by atoms with Crippen molar-refractivity contribution in [2.75, 3.05) is 17.1 Å². The molecule has 0 saturated carbocycles. The van der Waals surface area contributed by atoms with Gasteiger partial charge in [0.25, 0.3) is 5.91 Å². The van der Waals surface area contributed by atoms with Crippen LogP contribution in [0.4, 0.5) is 5.69 Å². The Balaban J connectivity index is 1.74. The first-order chi connectivity index (χ1) is 14.0. The van der Waals surface area contributed by atoms with Crippen molar-refractivity contribution in [3.8, 4) is 5.75 Å². The molecule has 1 aliphatic heterocycles. The SMILES string of the molecule is C[C@@H](NC(=O)[C@@H]1CCN(S(C)(=O)=O)c2ccccc2O1)c1ccc(C(C)(C)C)cc1. The van der Waals surface area contributed by atoms with Crippen LogP contribution in [0.1, 0.15) is 51.3 Å². The van der Waals surface area contributed by atoms with Crippen molar-refractivity contribution < 1.29 is 17.9 Å². The standard InChI is InChI=1S/C23H30N2O4S/c1-16(17-10-12-18(13-11-17)23(2,3)4)24-22(26)21-14-15-25(30(5,27)28)19-8-6-7-9-20(19)29-21/h6-13,16,21H,14-15H2,1-5H3,(H,24,26)/t16-,21+/m1/s1. The summed E-state index contributed by atoms with van der Waals surface area (Å²) in [7, 11) is -3.47. The maximum absolute atomic E-state index is 12.9. The van der Waals surface area contributed by atoms with Crippen LogP contribution >= 0.6 is 0 Å². The van der Waals surface area contributed by atoms with Crippen LogP contribution in [0.25, 0.3) is 0 Å². The molecule has 1 aliphatic rings. The Hall–Kier alpha value is -2.54. The predicted octanol–water partition coefficient (Wildman–Crippen LogP) is 3.78. The molecule has 2 aromatic carbocycles. The van der Waals surface area contributed by atoms with E-state index in [1.54, 1.807) is 24.3 Å². The smallest absolute Gasteiger partial charge is 0.261 e. The second-order valence-corrected chi connectivity index (χ2v) is 10.7. The number of nitrogens with one attached hydrogen (secondary N) is 1. The van der Waals surface area contributed by atoms with Crippen LogP contribution in [-0.2, 0) is 20.2 Å². The molecule has 162 valence electrons. The Morgan fingerprint density at radius 2 is 1.77 bits per heavy atom. The first-order valence-electron chi connectivity index (χ1n) is 10.1. The van der Waals surface area contributed by atoms with E-state index < -0.39 is 16.1 Å². The number of rotatable bonds is 4. The highest BCUT2D eigenvalue weighted by Crippen LogP contribution is 2.34. The minimum atomic E-state index is -3.47. The lowest BCUT2D eigenvalue weighted by atomic mass is 9.86. The van der Waals surface area contributed by atoms with Crippen molar-refractivity contribution in [2.45, 2.75) is 51.7 Å². The molecule has 0 bridgehead atoms. The van der Waals surface area contributed by atoms with E-state index in [2.05, 4.69) is 38.2 Å². The second kappa shape index (κ2) is 8.30. The van der Waals surface area contributed by atoms with Gasteiger partial charge >= 0.3 is 0 Å². The molecule has 0 radical (unpaired) electrons. The summed E-state index contributed by atoms with van der Waals surface area (Å²) in [5.41, 5.74) is 2.76. The Morgan fingerprint density at radius 3 is 2.37 bits per heavy atom. The molecule has 0 saturated heterocycles. The van der Waals surface area contributed by atoms with Crippen LogP contribution < -0.4 is 14.4 Å². The van der Waals surface area contributed by atoms with Crippen molar-refractivity contribution in [3.63, 3.8) is 0 Å². The summed E-state index contributed by atoms with van der Waals surface area (Å²) < 4.78 is 31.6. The van der Waals surface area contributed by atoms with Crippen LogP contribution in [0.2, 0.25) is 0 Å². The Bertz CT molecular complexity index is 1010. The molecule has 30 heavy (non-hydrogen) atoms. The molecular weight excluding hydrogens is 400 g/mol. The predicted molar refractivity (Wildman–Crippen MR) is 119 cm³/mol. The fraction of sp³-hybridized carbons (Fsp3) is 0.435. The number of fused-ring (bicyclic) bond motifs is 1. The lowest BCUT2D eigenvalue weighted by molar-refractivity contribution is -0.128. The number of ether oxygens (including phenoxy) is 1. The number of amides is 1. The van der Waals surface area contributed by atoms with Crippen molar-refractivity contribution in [1.82, 2.24) is 5.32 Å². The number of benzene rings is 2. The summed E-state index contributed by atoms with van der Waals surface area (Å²) in [6.45, 7) is 8.59. The van der Waals surface area contributed by atoms with E-state index in [9.17, 15) is 13.2 Å². The lowest BCUT2D eigenvalue weighted by Crippen LogP contribution is -2.40. The molecule has 1 heterocycles. The Kier molecular flexibility index (Phi) is 6.13. The number of anilines is 1. The fourth-order valence-corrected chi connectivity index (χ4v) is 4.47. The molecule has 6 nitrogen and oxygen atoms in total. The highest BCUT2D eigenvalue weighted by Gasteiger charge is 2.31. The van der Waals surface area contributed by atoms with Crippen molar-refractivity contribution in [1.29, 1.82) is 0 Å². The summed E-state index contributed by atoms with van der Waals surface area (Å²) in [5, 5.41) is 3.00. The van der Waals surface area contributed by atoms with Crippen LogP contribution in [0.3, 0.4) is 0 Å². The van der Waals surface area contributed by atoms with Gasteiger partial charge in [-0.3, -0.25) is 9.10 Å². The van der Waals surface area contributed by atoms with Gasteiger partial charge in [-0.25, -0.2) is 8.42 Å². The first kappa shape index (κ1) is 22.2. The van der Waals surface area contributed by atoms with E-state index in [-0.39, 0.29) is 30.3 Å². The zero-order chi connectivity index (χ0) is 22.1. The van der Waals surface area contributed by atoms with E-state index in [1.165, 1.54) is 9.87 Å². The largest absolute Gasteiger partial charge is 0.478 e. The topological polar surface area (TPSA) is 75.7 Å². The highest BCUT2D eigenvalue weighted by atomic mass is 32.2. The van der Waals surface area contributed by atoms with Crippen LogP contribution in [0.5, 0.6) is 5.75 Å². The zero-order valence-corrected chi connectivity index (χ0v) is 19.0. The summed E-state index contributed by atoms with van der Waals surface area (Å²) in [5.74, 6) is 0.135. The second-order valence-electron chi connectivity index (χ2n) is 8.80. The molecule has 7 heteroatoms. The minimum Gasteiger partial charge on any atom is -0.478 e. The van der Waals surface area contributed by atoms with Crippen molar-refractivity contribution in [3.05, 3.63) is 59.7 Å². The minimum absolute atomic E-state index is 0.0675. The molecule has 0 fully saturated rings. The number of hydrogen-bond donors (Lipinski definition) is 1. The molecule has 1 amide bonds. The Morgan fingerprint density at radius 1 is 1.13 bits per heavy atom. The summed E-state index contributed by atoms with van der Waals surface area (Å²) in [6, 6.07) is 14.9. The zero-order valence-electron chi connectivity index (χ0n) is 18.2. The van der Waals surface area contributed by atoms with Crippen LogP contribution in [0.15, 0.2) is 48.5 Å². The average Bonchev–Trinajstić information content (AvgIpc) is 2.87. The van der Waals surface area contributed by atoms with Gasteiger partial charge in [0.2, 0.25) is 10.0 Å². The highest BCUT2D eigenvalue weighted by molar-refractivity contribution is 7.92. The lowest BCUT2D eigenvalue weighted by Gasteiger charge is -2.22. The molecular formula is C23H30N2O4S. The van der Waals surface area contributed by atoms with Gasteiger partial charge in [-0.15, -0.1) is 0 Å². The van der Waals surface area contributed by atoms with Gasteiger partial charge in [0, 0.05) is 13.0 Å². The normalized spacial score (nSPS) is 18.0. The molecule has 0 aliphatic carbocycles. The van der Waals surface area contributed by atoms with E-state index in [0.29, 0.717) is 11.4 Å². The summed E-state index contributed by atoms with van der Waals surface area (Å²) in [6.07, 6.45) is 0.658. The molecule has 2 aromatic rings. The van der Waals surface area contributed by atoms with Gasteiger partial charge in [-0.1, -0.05) is 57.2 Å². The first-order valence-corrected chi connectivity index (χ1v) is 12.0. The van der Waals surface area contributed by atoms with E-state index in [0.717, 1.165) is 11.8 Å². The van der Waals surface area contributed by atoms with Crippen LogP contribution in [-0.4, -0.2) is 33.2 Å². The number of nitrogens with zero attached hydrogens (tertiary/aromatic N) is 1. The fourth-order valence-electron chi connectivity index (χ4n) is 3.52. The van der Waals surface area contributed by atoms with Gasteiger partial charge in [-0.2, -0.15) is 0 Å². The van der Waals surface area contributed by atoms with Gasteiger partial charge in [0.1, 0.15) is 5.75 Å². The van der Waals surface area contributed by atoms with Gasteiger partial charge in [-0.05, 0) is 35.6 Å². The quantitative estimate of drug-likeness (QED) is 0.801. The third-order valence-electron chi connectivity index (χ3n) is 5.33. The Labute approximate surface area is 179 Å². The average molecular weight is 431 g/mol. The van der Waals surface area contributed by atoms with Crippen molar-refractivity contribution in [2.24, 2.45) is 0 Å². The maximum Gasteiger partial charge on any atom is 0.261 e. The number of para-hydroxylation sites is 2. The van der Waals surface area contributed by atoms with E-state index >= 15 is 0 Å². The third-order valence-corrected chi connectivity index (χ3v) is 6.51. The monoisotopic (exact) mass is 430 g/mol. The number of hydrogen-bond acceptors (Lipinski definition) is 4. The van der Waals surface area contributed by atoms with Gasteiger partial charge in [0.15, 0.2) is 6.10 Å². The molecule has 0 aromatic heterocycles.